The van der Waals surface area contributed by atoms with Crippen molar-refractivity contribution in [3.63, 3.8) is 0 Å². The van der Waals surface area contributed by atoms with Crippen LogP contribution in [0, 0.1) is 17.7 Å². The monoisotopic (exact) mass is 465 g/mol. The van der Waals surface area contributed by atoms with Crippen molar-refractivity contribution in [3.05, 3.63) is 59.0 Å². The zero-order valence-electron chi connectivity index (χ0n) is 20.4. The van der Waals surface area contributed by atoms with E-state index in [9.17, 15) is 4.39 Å². The predicted octanol–water partition coefficient (Wildman–Crippen LogP) is 5.66. The summed E-state index contributed by atoms with van der Waals surface area (Å²) >= 11 is 0. The third kappa shape index (κ3) is 5.78. The second-order valence-electron chi connectivity index (χ2n) is 10.4. The van der Waals surface area contributed by atoms with Crippen molar-refractivity contribution < 1.29 is 13.7 Å². The second-order valence-corrected chi connectivity index (χ2v) is 10.4. The molecule has 2 aromatic carbocycles. The number of halogens is 1. The Balaban J connectivity index is 1.19. The average Bonchev–Trinajstić information content (AvgIpc) is 3.56. The molecule has 6 heteroatoms. The molecule has 5 rings (SSSR count). The predicted molar refractivity (Wildman–Crippen MR) is 132 cm³/mol. The molecule has 0 atom stereocenters. The molecule has 1 aliphatic carbocycles. The third-order valence-electron chi connectivity index (χ3n) is 7.21. The van der Waals surface area contributed by atoms with Gasteiger partial charge in [0.15, 0.2) is 5.58 Å². The van der Waals surface area contributed by atoms with Gasteiger partial charge in [0.05, 0.1) is 17.9 Å². The average molecular weight is 466 g/mol. The minimum atomic E-state index is -0.150. The first-order valence-electron chi connectivity index (χ1n) is 12.7. The lowest BCUT2D eigenvalue weighted by molar-refractivity contribution is 0.172. The molecular formula is C28H36FN3O2. The summed E-state index contributed by atoms with van der Waals surface area (Å²) in [7, 11) is 4.14. The summed E-state index contributed by atoms with van der Waals surface area (Å²) in [4.78, 5) is 4.59. The molecule has 2 aliphatic rings. The molecule has 1 aliphatic heterocycles. The number of fused-ring (bicyclic) bond motifs is 1. The highest BCUT2D eigenvalue weighted by Gasteiger charge is 2.24. The summed E-state index contributed by atoms with van der Waals surface area (Å²) in [6, 6.07) is 11.2. The molecule has 0 radical (unpaired) electrons. The first-order valence-corrected chi connectivity index (χ1v) is 12.7. The van der Waals surface area contributed by atoms with Crippen molar-refractivity contribution in [2.75, 3.05) is 33.8 Å². The van der Waals surface area contributed by atoms with Crippen LogP contribution in [-0.2, 0) is 19.5 Å². The largest absolute Gasteiger partial charge is 0.493 e. The Morgan fingerprint density at radius 2 is 1.91 bits per heavy atom. The zero-order valence-corrected chi connectivity index (χ0v) is 20.4. The number of piperidine rings is 1. The van der Waals surface area contributed by atoms with Crippen LogP contribution >= 0.6 is 0 Å². The van der Waals surface area contributed by atoms with E-state index in [1.807, 2.05) is 6.07 Å². The number of likely N-dealkylation sites (tertiary alicyclic amines) is 1. The highest BCUT2D eigenvalue weighted by Crippen LogP contribution is 2.35. The molecule has 0 N–H and O–H groups in total. The molecule has 5 nitrogen and oxygen atoms in total. The van der Waals surface area contributed by atoms with Crippen LogP contribution in [0.15, 0.2) is 40.9 Å². The van der Waals surface area contributed by atoms with Gasteiger partial charge in [-0.3, -0.25) is 4.90 Å². The Labute approximate surface area is 201 Å². The Morgan fingerprint density at radius 1 is 1.09 bits per heavy atom. The molecule has 182 valence electrons. The molecule has 2 fully saturated rings. The van der Waals surface area contributed by atoms with Crippen LogP contribution < -0.4 is 4.74 Å². The smallest absolute Gasteiger partial charge is 0.175 e. The number of ether oxygens (including phenoxy) is 1. The van der Waals surface area contributed by atoms with Gasteiger partial charge in [-0.25, -0.2) is 4.39 Å². The molecule has 34 heavy (non-hydrogen) atoms. The van der Waals surface area contributed by atoms with E-state index in [1.165, 1.54) is 31.7 Å². The van der Waals surface area contributed by atoms with Crippen LogP contribution in [-0.4, -0.2) is 48.7 Å². The van der Waals surface area contributed by atoms with Crippen molar-refractivity contribution in [1.29, 1.82) is 0 Å². The number of aryl methyl sites for hydroxylation is 1. The molecule has 3 aromatic rings. The van der Waals surface area contributed by atoms with E-state index < -0.39 is 0 Å². The van der Waals surface area contributed by atoms with Gasteiger partial charge >= 0.3 is 0 Å². The van der Waals surface area contributed by atoms with Crippen LogP contribution in [0.5, 0.6) is 5.75 Å². The molecule has 1 saturated carbocycles. The van der Waals surface area contributed by atoms with Crippen molar-refractivity contribution >= 4 is 11.0 Å². The summed E-state index contributed by atoms with van der Waals surface area (Å²) in [6.07, 6.45) is 6.97. The van der Waals surface area contributed by atoms with Gasteiger partial charge in [-0.15, -0.1) is 0 Å². The fourth-order valence-electron chi connectivity index (χ4n) is 5.03. The van der Waals surface area contributed by atoms with Gasteiger partial charge in [-0.2, -0.15) is 0 Å². The lowest BCUT2D eigenvalue weighted by Gasteiger charge is -2.32. The van der Waals surface area contributed by atoms with Crippen molar-refractivity contribution in [2.45, 2.75) is 51.6 Å². The van der Waals surface area contributed by atoms with E-state index in [0.29, 0.717) is 11.8 Å². The number of benzene rings is 2. The second kappa shape index (κ2) is 10.4. The number of nitrogens with zero attached hydrogens (tertiary/aromatic N) is 3. The zero-order chi connectivity index (χ0) is 23.5. The van der Waals surface area contributed by atoms with Gasteiger partial charge in [0.25, 0.3) is 0 Å². The summed E-state index contributed by atoms with van der Waals surface area (Å²) in [6.45, 7) is 4.53. The minimum Gasteiger partial charge on any atom is -0.493 e. The quantitative estimate of drug-likeness (QED) is 0.386. The Morgan fingerprint density at radius 3 is 2.65 bits per heavy atom. The minimum absolute atomic E-state index is 0.150. The number of aromatic nitrogens is 1. The van der Waals surface area contributed by atoms with Crippen LogP contribution in [0.1, 0.15) is 48.9 Å². The van der Waals surface area contributed by atoms with Gasteiger partial charge in [0, 0.05) is 18.5 Å². The fourth-order valence-corrected chi connectivity index (χ4v) is 5.03. The first-order chi connectivity index (χ1) is 16.5. The van der Waals surface area contributed by atoms with Crippen molar-refractivity contribution in [2.24, 2.45) is 11.8 Å². The molecule has 0 spiro atoms. The Kier molecular flexibility index (Phi) is 7.16. The summed E-state index contributed by atoms with van der Waals surface area (Å²) in [5.41, 5.74) is 4.10. The van der Waals surface area contributed by atoms with Crippen LogP contribution in [0.4, 0.5) is 4.39 Å². The van der Waals surface area contributed by atoms with E-state index in [-0.39, 0.29) is 5.82 Å². The van der Waals surface area contributed by atoms with Crippen LogP contribution in [0.25, 0.3) is 11.0 Å². The maximum absolute atomic E-state index is 13.5. The standard InChI is InChI=1S/C28H36FN3O2/c1-31(2)18-25-27(33-19-21-6-7-21)11-9-24-26(30-34-28(24)25)10-8-20-12-14-32(15-13-20)17-22-4-3-5-23(29)16-22/h3-5,9,11,16,20-21H,6-8,10,12-15,17-19H2,1-2H3. The van der Waals surface area contributed by atoms with E-state index >= 15 is 0 Å². The molecule has 2 heterocycles. The highest BCUT2D eigenvalue weighted by atomic mass is 19.1. The van der Waals surface area contributed by atoms with E-state index in [4.69, 9.17) is 9.26 Å². The van der Waals surface area contributed by atoms with Crippen LogP contribution in [0.2, 0.25) is 0 Å². The molecule has 1 saturated heterocycles. The summed E-state index contributed by atoms with van der Waals surface area (Å²) < 4.78 is 25.5. The van der Waals surface area contributed by atoms with E-state index in [2.05, 4.69) is 41.2 Å². The molecule has 0 unspecified atom stereocenters. The lowest BCUT2D eigenvalue weighted by Crippen LogP contribution is -2.33. The Hall–Kier alpha value is -2.44. The number of rotatable bonds is 10. The fraction of sp³-hybridized carbons (Fsp3) is 0.536. The first kappa shape index (κ1) is 23.3. The SMILES string of the molecule is CN(C)Cc1c(OCC2CC2)ccc2c(CCC3CCN(Cc4cccc(F)c4)CC3)noc12. The van der Waals surface area contributed by atoms with Gasteiger partial charge < -0.3 is 14.2 Å². The van der Waals surface area contributed by atoms with Crippen molar-refractivity contribution in [3.8, 4) is 5.75 Å². The Bertz CT molecular complexity index is 1100. The topological polar surface area (TPSA) is 41.7 Å². The normalized spacial score (nSPS) is 17.6. The molecule has 0 amide bonds. The summed E-state index contributed by atoms with van der Waals surface area (Å²) in [5, 5.41) is 5.60. The van der Waals surface area contributed by atoms with Gasteiger partial charge in [-0.05, 0) is 107 Å². The molecule has 0 bridgehead atoms. The van der Waals surface area contributed by atoms with Crippen molar-refractivity contribution in [1.82, 2.24) is 15.0 Å². The summed E-state index contributed by atoms with van der Waals surface area (Å²) in [5.74, 6) is 2.19. The molecule has 1 aromatic heterocycles. The number of hydrogen-bond donors (Lipinski definition) is 0. The number of hydrogen-bond acceptors (Lipinski definition) is 5. The maximum atomic E-state index is 13.5. The van der Waals surface area contributed by atoms with Crippen LogP contribution in [0.3, 0.4) is 0 Å². The third-order valence-corrected chi connectivity index (χ3v) is 7.21. The van der Waals surface area contributed by atoms with Gasteiger partial charge in [-0.1, -0.05) is 17.3 Å². The van der Waals surface area contributed by atoms with E-state index in [1.54, 1.807) is 12.1 Å². The highest BCUT2D eigenvalue weighted by molar-refractivity contribution is 5.84. The van der Waals surface area contributed by atoms with E-state index in [0.717, 1.165) is 79.2 Å². The maximum Gasteiger partial charge on any atom is 0.175 e. The van der Waals surface area contributed by atoms with Gasteiger partial charge in [0.1, 0.15) is 11.6 Å². The van der Waals surface area contributed by atoms with Gasteiger partial charge in [0.2, 0.25) is 0 Å². The molecular weight excluding hydrogens is 429 g/mol. The lowest BCUT2D eigenvalue weighted by atomic mass is 9.91.